The second kappa shape index (κ2) is 7.18. The molecule has 0 saturated heterocycles. The molecule has 1 aromatic heterocycles. The number of aryl methyl sites for hydroxylation is 1. The predicted molar refractivity (Wildman–Crippen MR) is 93.1 cm³/mol. The van der Waals surface area contributed by atoms with Crippen molar-refractivity contribution in [2.45, 2.75) is 45.3 Å². The molecular weight excluding hydrogens is 304 g/mol. The Hall–Kier alpha value is -2.14. The van der Waals surface area contributed by atoms with E-state index in [0.717, 1.165) is 54.2 Å². The maximum absolute atomic E-state index is 11.7. The number of carbonyl (C=O) groups is 2. The second-order valence-electron chi connectivity index (χ2n) is 6.49. The number of hydrogen-bond acceptors (Lipinski definition) is 3. The van der Waals surface area contributed by atoms with Crippen molar-refractivity contribution >= 4 is 23.1 Å². The fraction of sp³-hybridized carbons (Fsp3) is 0.474. The summed E-state index contributed by atoms with van der Waals surface area (Å²) in [7, 11) is 1.70. The average molecular weight is 328 g/mol. The van der Waals surface area contributed by atoms with Crippen molar-refractivity contribution in [3.8, 4) is 0 Å². The molecule has 24 heavy (non-hydrogen) atoms. The molecule has 128 valence electrons. The maximum atomic E-state index is 11.7. The molecular formula is C19H24N2O3. The Morgan fingerprint density at radius 1 is 1.42 bits per heavy atom. The first kappa shape index (κ1) is 16.7. The van der Waals surface area contributed by atoms with Gasteiger partial charge in [0.15, 0.2) is 5.78 Å². The van der Waals surface area contributed by atoms with Gasteiger partial charge in [-0.2, -0.15) is 0 Å². The average Bonchev–Trinajstić information content (AvgIpc) is 3.36. The number of benzene rings is 1. The van der Waals surface area contributed by atoms with Gasteiger partial charge in [-0.25, -0.2) is 0 Å². The van der Waals surface area contributed by atoms with Gasteiger partial charge in [-0.1, -0.05) is 12.1 Å². The van der Waals surface area contributed by atoms with Crippen molar-refractivity contribution in [2.75, 3.05) is 13.7 Å². The Labute approximate surface area is 142 Å². The van der Waals surface area contributed by atoms with E-state index in [1.165, 1.54) is 0 Å². The number of amides is 1. The molecule has 5 nitrogen and oxygen atoms in total. The molecule has 2 aromatic rings. The van der Waals surface area contributed by atoms with Crippen LogP contribution in [0.3, 0.4) is 0 Å². The standard InChI is InChI=1S/C19H24N2O3/c1-14(23)15-4-7-18-16(12-21(13-22)17-5-6-17)11-20(19(18)10-15)8-3-9-24-2/h4,7,10-11,13,17H,3,5-6,8-9,12H2,1-2H3. The van der Waals surface area contributed by atoms with Gasteiger partial charge in [0.05, 0.1) is 0 Å². The number of fused-ring (bicyclic) bond motifs is 1. The molecule has 0 radical (unpaired) electrons. The molecule has 0 bridgehead atoms. The molecule has 1 aromatic carbocycles. The molecule has 1 aliphatic rings. The van der Waals surface area contributed by atoms with E-state index in [0.29, 0.717) is 19.2 Å². The largest absolute Gasteiger partial charge is 0.385 e. The lowest BCUT2D eigenvalue weighted by Gasteiger charge is -2.15. The number of hydrogen-bond donors (Lipinski definition) is 0. The van der Waals surface area contributed by atoms with Gasteiger partial charge in [0, 0.05) is 55.5 Å². The third-order valence-corrected chi connectivity index (χ3v) is 4.62. The number of methoxy groups -OCH3 is 1. The highest BCUT2D eigenvalue weighted by molar-refractivity contribution is 5.98. The van der Waals surface area contributed by atoms with Crippen LogP contribution in [0.15, 0.2) is 24.4 Å². The van der Waals surface area contributed by atoms with Crippen LogP contribution < -0.4 is 0 Å². The summed E-state index contributed by atoms with van der Waals surface area (Å²) in [5.41, 5.74) is 2.90. The van der Waals surface area contributed by atoms with Gasteiger partial charge in [-0.15, -0.1) is 0 Å². The van der Waals surface area contributed by atoms with E-state index in [4.69, 9.17) is 4.74 Å². The topological polar surface area (TPSA) is 51.5 Å². The third-order valence-electron chi connectivity index (χ3n) is 4.62. The molecule has 0 aliphatic heterocycles. The summed E-state index contributed by atoms with van der Waals surface area (Å²) in [5, 5.41) is 1.12. The Balaban J connectivity index is 1.95. The zero-order valence-electron chi connectivity index (χ0n) is 14.3. The smallest absolute Gasteiger partial charge is 0.210 e. The van der Waals surface area contributed by atoms with Crippen LogP contribution >= 0.6 is 0 Å². The molecule has 0 spiro atoms. The zero-order valence-corrected chi connectivity index (χ0v) is 14.3. The molecule has 1 heterocycles. The minimum absolute atomic E-state index is 0.0654. The number of ether oxygens (including phenoxy) is 1. The summed E-state index contributed by atoms with van der Waals surface area (Å²) in [5.74, 6) is 0.0654. The lowest BCUT2D eigenvalue weighted by atomic mass is 10.1. The van der Waals surface area contributed by atoms with E-state index in [2.05, 4.69) is 10.8 Å². The molecule has 1 saturated carbocycles. The molecule has 3 rings (SSSR count). The van der Waals surface area contributed by atoms with Gasteiger partial charge < -0.3 is 14.2 Å². The Bertz CT molecular complexity index is 746. The highest BCUT2D eigenvalue weighted by Gasteiger charge is 2.28. The number of rotatable bonds is 9. The van der Waals surface area contributed by atoms with Crippen LogP contribution in [-0.2, 0) is 22.6 Å². The maximum Gasteiger partial charge on any atom is 0.210 e. The van der Waals surface area contributed by atoms with Crippen LogP contribution in [0.2, 0.25) is 0 Å². The highest BCUT2D eigenvalue weighted by atomic mass is 16.5. The molecule has 1 aliphatic carbocycles. The fourth-order valence-corrected chi connectivity index (χ4v) is 3.13. The van der Waals surface area contributed by atoms with Gasteiger partial charge in [0.1, 0.15) is 0 Å². The van der Waals surface area contributed by atoms with Crippen molar-refractivity contribution < 1.29 is 14.3 Å². The number of ketones is 1. The van der Waals surface area contributed by atoms with Crippen molar-refractivity contribution in [3.63, 3.8) is 0 Å². The number of aromatic nitrogens is 1. The molecule has 0 N–H and O–H groups in total. The van der Waals surface area contributed by atoms with Crippen molar-refractivity contribution in [2.24, 2.45) is 0 Å². The van der Waals surface area contributed by atoms with Crippen LogP contribution in [0.1, 0.15) is 42.1 Å². The summed E-state index contributed by atoms with van der Waals surface area (Å²) in [4.78, 5) is 24.9. The quantitative estimate of drug-likeness (QED) is 0.404. The van der Waals surface area contributed by atoms with Crippen LogP contribution in [0.5, 0.6) is 0 Å². The predicted octanol–water partition coefficient (Wildman–Crippen LogP) is 3.00. The van der Waals surface area contributed by atoms with Crippen molar-refractivity contribution in [1.82, 2.24) is 9.47 Å². The van der Waals surface area contributed by atoms with Crippen molar-refractivity contribution in [1.29, 1.82) is 0 Å². The summed E-state index contributed by atoms with van der Waals surface area (Å²) in [6.07, 6.45) is 6.17. The van der Waals surface area contributed by atoms with Crippen molar-refractivity contribution in [3.05, 3.63) is 35.5 Å². The van der Waals surface area contributed by atoms with Crippen LogP contribution in [0.4, 0.5) is 0 Å². The summed E-state index contributed by atoms with van der Waals surface area (Å²) < 4.78 is 7.32. The van der Waals surface area contributed by atoms with Gasteiger partial charge in [0.25, 0.3) is 0 Å². The molecule has 1 fully saturated rings. The first-order chi connectivity index (χ1) is 11.6. The second-order valence-corrected chi connectivity index (χ2v) is 6.49. The summed E-state index contributed by atoms with van der Waals surface area (Å²) in [6, 6.07) is 6.22. The van der Waals surface area contributed by atoms with E-state index in [-0.39, 0.29) is 5.78 Å². The summed E-state index contributed by atoms with van der Waals surface area (Å²) >= 11 is 0. The normalized spacial score (nSPS) is 14.1. The van der Waals surface area contributed by atoms with E-state index < -0.39 is 0 Å². The van der Waals surface area contributed by atoms with E-state index in [1.807, 2.05) is 23.1 Å². The van der Waals surface area contributed by atoms with Gasteiger partial charge >= 0.3 is 0 Å². The lowest BCUT2D eigenvalue weighted by Crippen LogP contribution is -2.23. The first-order valence-electron chi connectivity index (χ1n) is 8.46. The number of carbonyl (C=O) groups excluding carboxylic acids is 2. The molecule has 0 unspecified atom stereocenters. The van der Waals surface area contributed by atoms with Gasteiger partial charge in [-0.3, -0.25) is 9.59 Å². The molecule has 0 atom stereocenters. The Morgan fingerprint density at radius 2 is 2.21 bits per heavy atom. The highest BCUT2D eigenvalue weighted by Crippen LogP contribution is 2.30. The van der Waals surface area contributed by atoms with E-state index in [9.17, 15) is 9.59 Å². The molecule has 1 amide bonds. The number of nitrogens with zero attached hydrogens (tertiary/aromatic N) is 2. The Kier molecular flexibility index (Phi) is 5.00. The molecule has 5 heteroatoms. The van der Waals surface area contributed by atoms with Crippen LogP contribution in [0.25, 0.3) is 10.9 Å². The van der Waals surface area contributed by atoms with Crippen LogP contribution in [0, 0.1) is 0 Å². The van der Waals surface area contributed by atoms with E-state index in [1.54, 1.807) is 14.0 Å². The fourth-order valence-electron chi connectivity index (χ4n) is 3.13. The zero-order chi connectivity index (χ0) is 17.1. The minimum Gasteiger partial charge on any atom is -0.385 e. The van der Waals surface area contributed by atoms with Gasteiger partial charge in [0.2, 0.25) is 6.41 Å². The SMILES string of the molecule is COCCCn1cc(CN(C=O)C2CC2)c2ccc(C(C)=O)cc21. The lowest BCUT2D eigenvalue weighted by molar-refractivity contribution is -0.119. The first-order valence-corrected chi connectivity index (χ1v) is 8.46. The van der Waals surface area contributed by atoms with Gasteiger partial charge in [-0.05, 0) is 37.8 Å². The summed E-state index contributed by atoms with van der Waals surface area (Å²) in [6.45, 7) is 3.74. The monoisotopic (exact) mass is 328 g/mol. The minimum atomic E-state index is 0.0654. The van der Waals surface area contributed by atoms with E-state index >= 15 is 0 Å². The Morgan fingerprint density at radius 3 is 2.83 bits per heavy atom. The third kappa shape index (κ3) is 3.51. The van der Waals surface area contributed by atoms with Crippen LogP contribution in [-0.4, -0.2) is 41.4 Å². The number of Topliss-reactive ketones (excluding diaryl/α,β-unsaturated/α-hetero) is 1.